The van der Waals surface area contributed by atoms with Gasteiger partial charge in [-0.1, -0.05) is 30.3 Å². The number of amides is 1. The Kier molecular flexibility index (Phi) is 6.07. The molecule has 1 N–H and O–H groups in total. The molecule has 0 unspecified atom stereocenters. The van der Waals surface area contributed by atoms with Crippen LogP contribution in [0.4, 0.5) is 4.39 Å². The first-order valence-electron chi connectivity index (χ1n) is 9.15. The molecule has 0 aliphatic rings. The van der Waals surface area contributed by atoms with Crippen LogP contribution in [0.1, 0.15) is 41.7 Å². The van der Waals surface area contributed by atoms with Crippen LogP contribution in [0, 0.1) is 12.7 Å². The van der Waals surface area contributed by atoms with Gasteiger partial charge < -0.3 is 14.5 Å². The Bertz CT molecular complexity index is 999. The Hall–Kier alpha value is -3.48. The monoisotopic (exact) mass is 396 g/mol. The number of benzene rings is 2. The second-order valence-corrected chi connectivity index (χ2v) is 6.62. The zero-order valence-electron chi connectivity index (χ0n) is 16.3. The van der Waals surface area contributed by atoms with Crippen LogP contribution in [0.25, 0.3) is 11.5 Å². The van der Waals surface area contributed by atoms with Gasteiger partial charge in [-0.2, -0.15) is 0 Å². The van der Waals surface area contributed by atoms with Crippen LogP contribution in [0.3, 0.4) is 0 Å². The van der Waals surface area contributed by atoms with E-state index in [9.17, 15) is 14.0 Å². The van der Waals surface area contributed by atoms with Gasteiger partial charge >= 0.3 is 5.97 Å². The molecule has 1 aromatic heterocycles. The van der Waals surface area contributed by atoms with Gasteiger partial charge in [-0.05, 0) is 50.6 Å². The van der Waals surface area contributed by atoms with Crippen molar-refractivity contribution < 1.29 is 23.1 Å². The molecule has 0 aliphatic carbocycles. The lowest BCUT2D eigenvalue weighted by molar-refractivity contribution is -0.129. The maximum Gasteiger partial charge on any atom is 0.361 e. The van der Waals surface area contributed by atoms with E-state index in [4.69, 9.17) is 9.15 Å². The zero-order valence-corrected chi connectivity index (χ0v) is 16.3. The summed E-state index contributed by atoms with van der Waals surface area (Å²) < 4.78 is 23.8. The summed E-state index contributed by atoms with van der Waals surface area (Å²) in [5, 5.41) is 2.74. The highest BCUT2D eigenvalue weighted by Crippen LogP contribution is 2.22. The van der Waals surface area contributed by atoms with E-state index in [0.29, 0.717) is 11.7 Å². The summed E-state index contributed by atoms with van der Waals surface area (Å²) >= 11 is 0. The van der Waals surface area contributed by atoms with Crippen molar-refractivity contribution in [2.45, 2.75) is 32.9 Å². The van der Waals surface area contributed by atoms with E-state index >= 15 is 0 Å². The number of hydrogen-bond acceptors (Lipinski definition) is 5. The summed E-state index contributed by atoms with van der Waals surface area (Å²) in [4.78, 5) is 29.0. The fraction of sp³-hybridized carbons (Fsp3) is 0.227. The first-order valence-corrected chi connectivity index (χ1v) is 9.15. The minimum absolute atomic E-state index is 0.0232. The first kappa shape index (κ1) is 20.3. The van der Waals surface area contributed by atoms with Gasteiger partial charge in [0.1, 0.15) is 11.6 Å². The van der Waals surface area contributed by atoms with Gasteiger partial charge in [0.25, 0.3) is 5.91 Å². The number of nitrogens with one attached hydrogen (secondary N) is 1. The molecule has 0 radical (unpaired) electrons. The molecule has 0 bridgehead atoms. The van der Waals surface area contributed by atoms with E-state index in [2.05, 4.69) is 10.3 Å². The standard InChI is InChI=1S/C22H21FN2O4/c1-13(16-9-11-18(23)12-10-16)24-20(26)15(3)29-22(27)19-14(2)28-21(25-19)17-7-5-4-6-8-17/h4-13,15H,1-3H3,(H,24,26)/t13-,15+/m0/s1. The third-order valence-corrected chi connectivity index (χ3v) is 4.39. The predicted molar refractivity (Wildman–Crippen MR) is 105 cm³/mol. The van der Waals surface area contributed by atoms with Gasteiger partial charge in [-0.3, -0.25) is 4.79 Å². The second-order valence-electron chi connectivity index (χ2n) is 6.62. The average molecular weight is 396 g/mol. The van der Waals surface area contributed by atoms with Gasteiger partial charge in [0.15, 0.2) is 11.8 Å². The molecule has 0 fully saturated rings. The Morgan fingerprint density at radius 2 is 1.72 bits per heavy atom. The maximum absolute atomic E-state index is 13.0. The molecule has 0 aliphatic heterocycles. The van der Waals surface area contributed by atoms with Crippen molar-refractivity contribution in [3.63, 3.8) is 0 Å². The molecular weight excluding hydrogens is 375 g/mol. The summed E-state index contributed by atoms with van der Waals surface area (Å²) in [5.74, 6) is -0.962. The molecule has 6 nitrogen and oxygen atoms in total. The van der Waals surface area contributed by atoms with Crippen LogP contribution in [0.2, 0.25) is 0 Å². The normalized spacial score (nSPS) is 12.8. The van der Waals surface area contributed by atoms with E-state index < -0.39 is 18.0 Å². The number of ether oxygens (including phenoxy) is 1. The molecule has 3 rings (SSSR count). The number of esters is 1. The van der Waals surface area contributed by atoms with Crippen LogP contribution in [0.15, 0.2) is 59.0 Å². The van der Waals surface area contributed by atoms with Gasteiger partial charge in [0, 0.05) is 5.56 Å². The minimum Gasteiger partial charge on any atom is -0.448 e. The fourth-order valence-electron chi connectivity index (χ4n) is 2.73. The molecule has 150 valence electrons. The van der Waals surface area contributed by atoms with Crippen molar-refractivity contribution in [3.8, 4) is 11.5 Å². The van der Waals surface area contributed by atoms with Crippen LogP contribution in [-0.4, -0.2) is 23.0 Å². The number of nitrogens with zero attached hydrogens (tertiary/aromatic N) is 1. The summed E-state index contributed by atoms with van der Waals surface area (Å²) in [6.07, 6.45) is -1.04. The van der Waals surface area contributed by atoms with Crippen LogP contribution in [-0.2, 0) is 9.53 Å². The van der Waals surface area contributed by atoms with Gasteiger partial charge in [0.05, 0.1) is 6.04 Å². The third-order valence-electron chi connectivity index (χ3n) is 4.39. The number of hydrogen-bond donors (Lipinski definition) is 1. The third kappa shape index (κ3) is 4.87. The molecular formula is C22H21FN2O4. The summed E-state index contributed by atoms with van der Waals surface area (Å²) in [7, 11) is 0. The van der Waals surface area contributed by atoms with E-state index in [-0.39, 0.29) is 17.6 Å². The minimum atomic E-state index is -1.04. The molecule has 1 amide bonds. The van der Waals surface area contributed by atoms with E-state index in [0.717, 1.165) is 11.1 Å². The number of carbonyl (C=O) groups excluding carboxylic acids is 2. The Balaban J connectivity index is 1.63. The number of aromatic nitrogens is 1. The molecule has 2 aromatic carbocycles. The zero-order chi connectivity index (χ0) is 21.0. The molecule has 3 aromatic rings. The number of oxazole rings is 1. The van der Waals surface area contributed by atoms with Crippen molar-refractivity contribution >= 4 is 11.9 Å². The predicted octanol–water partition coefficient (Wildman–Crippen LogP) is 4.21. The van der Waals surface area contributed by atoms with Crippen molar-refractivity contribution in [1.82, 2.24) is 10.3 Å². The van der Waals surface area contributed by atoms with Crippen molar-refractivity contribution in [3.05, 3.63) is 77.4 Å². The second kappa shape index (κ2) is 8.68. The molecule has 0 spiro atoms. The smallest absolute Gasteiger partial charge is 0.361 e. The van der Waals surface area contributed by atoms with Gasteiger partial charge in [-0.15, -0.1) is 0 Å². The average Bonchev–Trinajstić information content (AvgIpc) is 3.11. The Morgan fingerprint density at radius 1 is 1.07 bits per heavy atom. The molecule has 29 heavy (non-hydrogen) atoms. The van der Waals surface area contributed by atoms with E-state index in [1.165, 1.54) is 19.1 Å². The van der Waals surface area contributed by atoms with E-state index in [1.54, 1.807) is 26.0 Å². The molecule has 2 atom stereocenters. The highest BCUT2D eigenvalue weighted by Gasteiger charge is 2.25. The summed E-state index contributed by atoms with van der Waals surface area (Å²) in [5.41, 5.74) is 1.49. The van der Waals surface area contributed by atoms with Crippen molar-refractivity contribution in [2.24, 2.45) is 0 Å². The fourth-order valence-corrected chi connectivity index (χ4v) is 2.73. The van der Waals surface area contributed by atoms with Gasteiger partial charge in [-0.25, -0.2) is 14.2 Å². The number of rotatable bonds is 6. The largest absolute Gasteiger partial charge is 0.448 e. The molecule has 1 heterocycles. The molecule has 0 saturated heterocycles. The van der Waals surface area contributed by atoms with Gasteiger partial charge in [0.2, 0.25) is 5.89 Å². The molecule has 7 heteroatoms. The van der Waals surface area contributed by atoms with Crippen molar-refractivity contribution in [1.29, 1.82) is 0 Å². The Labute approximate surface area is 167 Å². The highest BCUT2D eigenvalue weighted by molar-refractivity contribution is 5.91. The lowest BCUT2D eigenvalue weighted by Crippen LogP contribution is -2.37. The van der Waals surface area contributed by atoms with E-state index in [1.807, 2.05) is 30.3 Å². The summed E-state index contributed by atoms with van der Waals surface area (Å²) in [6, 6.07) is 14.6. The van der Waals surface area contributed by atoms with Crippen molar-refractivity contribution in [2.75, 3.05) is 0 Å². The van der Waals surface area contributed by atoms with Crippen LogP contribution < -0.4 is 5.32 Å². The number of aryl methyl sites for hydroxylation is 1. The Morgan fingerprint density at radius 3 is 2.38 bits per heavy atom. The lowest BCUT2D eigenvalue weighted by Gasteiger charge is -2.18. The number of halogens is 1. The lowest BCUT2D eigenvalue weighted by atomic mass is 10.1. The van der Waals surface area contributed by atoms with Crippen LogP contribution in [0.5, 0.6) is 0 Å². The quantitative estimate of drug-likeness (QED) is 0.631. The van der Waals surface area contributed by atoms with Crippen LogP contribution >= 0.6 is 0 Å². The first-order chi connectivity index (χ1) is 13.8. The highest BCUT2D eigenvalue weighted by atomic mass is 19.1. The maximum atomic E-state index is 13.0. The summed E-state index contributed by atoms with van der Waals surface area (Å²) in [6.45, 7) is 4.84. The topological polar surface area (TPSA) is 81.4 Å². The SMILES string of the molecule is Cc1oc(-c2ccccc2)nc1C(=O)O[C@H](C)C(=O)N[C@@H](C)c1ccc(F)cc1. The molecule has 0 saturated carbocycles. The number of carbonyl (C=O) groups is 2.